The summed E-state index contributed by atoms with van der Waals surface area (Å²) in [4.78, 5) is 13.3. The van der Waals surface area contributed by atoms with Crippen molar-refractivity contribution >= 4 is 32.5 Å². The van der Waals surface area contributed by atoms with Crippen LogP contribution in [-0.4, -0.2) is 32.7 Å². The Kier molecular flexibility index (Phi) is 7.67. The lowest BCUT2D eigenvalue weighted by Crippen LogP contribution is -2.48. The van der Waals surface area contributed by atoms with Crippen molar-refractivity contribution in [3.8, 4) is 0 Å². The Morgan fingerprint density at radius 2 is 1.69 bits per heavy atom. The summed E-state index contributed by atoms with van der Waals surface area (Å²) in [5.74, 6) is 5.53. The Labute approximate surface area is 205 Å². The molecule has 4 rings (SSSR count). The fourth-order valence-electron chi connectivity index (χ4n) is 4.48. The molecule has 0 aromatic heterocycles. The van der Waals surface area contributed by atoms with Crippen molar-refractivity contribution in [3.05, 3.63) is 77.9 Å². The van der Waals surface area contributed by atoms with Crippen molar-refractivity contribution in [1.82, 2.24) is 10.0 Å². The lowest BCUT2D eigenvalue weighted by Gasteiger charge is -2.20. The number of benzene rings is 3. The molecule has 3 aromatic carbocycles. The minimum absolute atomic E-state index is 0.118. The minimum atomic E-state index is -3.95. The number of hydrogen-bond donors (Lipinski definition) is 4. The number of carbonyl (C=O) groups is 1. The molecule has 184 valence electrons. The number of sulfonamides is 1. The number of amides is 1. The summed E-state index contributed by atoms with van der Waals surface area (Å²) in [6.45, 7) is 0.551. The normalized spacial score (nSPS) is 15.8. The Balaban J connectivity index is 1.56. The highest BCUT2D eigenvalue weighted by Gasteiger charge is 2.27. The molecule has 1 aliphatic carbocycles. The van der Waals surface area contributed by atoms with Crippen molar-refractivity contribution in [2.75, 3.05) is 6.54 Å². The van der Waals surface area contributed by atoms with E-state index in [0.717, 1.165) is 29.2 Å². The molecule has 1 atom stereocenters. The zero-order valence-corrected chi connectivity index (χ0v) is 20.3. The Morgan fingerprint density at radius 3 is 2.37 bits per heavy atom. The molecule has 0 saturated heterocycles. The first-order valence-corrected chi connectivity index (χ1v) is 13.3. The summed E-state index contributed by atoms with van der Waals surface area (Å²) >= 11 is 0. The average Bonchev–Trinajstić information content (AvgIpc) is 3.40. The van der Waals surface area contributed by atoms with Gasteiger partial charge in [0.1, 0.15) is 11.9 Å². The molecule has 0 bridgehead atoms. The first-order valence-electron chi connectivity index (χ1n) is 11.8. The third kappa shape index (κ3) is 6.17. The van der Waals surface area contributed by atoms with E-state index in [1.54, 1.807) is 42.5 Å². The Morgan fingerprint density at radius 1 is 1.00 bits per heavy atom. The fraction of sp³-hybridized carbons (Fsp3) is 0.308. The zero-order chi connectivity index (χ0) is 24.8. The van der Waals surface area contributed by atoms with E-state index in [2.05, 4.69) is 15.1 Å². The van der Waals surface area contributed by atoms with Crippen LogP contribution < -0.4 is 21.6 Å². The lowest BCUT2D eigenvalue weighted by molar-refractivity contribution is -0.122. The van der Waals surface area contributed by atoms with Gasteiger partial charge in [-0.2, -0.15) is 9.82 Å². The second kappa shape index (κ2) is 10.9. The molecule has 1 fully saturated rings. The van der Waals surface area contributed by atoms with Crippen LogP contribution in [0.2, 0.25) is 0 Å². The van der Waals surface area contributed by atoms with Crippen LogP contribution in [0.1, 0.15) is 36.8 Å². The number of hydrogen-bond acceptors (Lipinski definition) is 5. The summed E-state index contributed by atoms with van der Waals surface area (Å²) in [7, 11) is -3.95. The predicted molar refractivity (Wildman–Crippen MR) is 138 cm³/mol. The van der Waals surface area contributed by atoms with E-state index in [0.29, 0.717) is 18.0 Å². The van der Waals surface area contributed by atoms with E-state index in [1.807, 2.05) is 24.3 Å². The van der Waals surface area contributed by atoms with E-state index in [1.165, 1.54) is 12.8 Å². The van der Waals surface area contributed by atoms with Crippen molar-refractivity contribution in [1.29, 1.82) is 0 Å². The average molecular weight is 494 g/mol. The lowest BCUT2D eigenvalue weighted by atomic mass is 10.0. The molecule has 3 aromatic rings. The molecule has 0 spiro atoms. The van der Waals surface area contributed by atoms with Crippen LogP contribution in [0.5, 0.6) is 0 Å². The molecule has 1 saturated carbocycles. The van der Waals surface area contributed by atoms with E-state index < -0.39 is 16.1 Å². The van der Waals surface area contributed by atoms with Gasteiger partial charge in [-0.1, -0.05) is 67.4 Å². The molecular formula is C26H31N5O3S. The summed E-state index contributed by atoms with van der Waals surface area (Å²) in [5, 5.41) is 8.20. The summed E-state index contributed by atoms with van der Waals surface area (Å²) in [5.41, 5.74) is 7.18. The smallest absolute Gasteiger partial charge is 0.241 e. The molecule has 8 nitrogen and oxygen atoms in total. The van der Waals surface area contributed by atoms with Crippen LogP contribution in [0, 0.1) is 5.92 Å². The van der Waals surface area contributed by atoms with Crippen molar-refractivity contribution < 1.29 is 13.2 Å². The quantitative estimate of drug-likeness (QED) is 0.157. The second-order valence-electron chi connectivity index (χ2n) is 8.99. The van der Waals surface area contributed by atoms with E-state index in [-0.39, 0.29) is 23.1 Å². The van der Waals surface area contributed by atoms with Crippen molar-refractivity contribution in [3.63, 3.8) is 0 Å². The third-order valence-electron chi connectivity index (χ3n) is 6.51. The number of amidine groups is 1. The maximum atomic E-state index is 13.3. The highest BCUT2D eigenvalue weighted by Crippen LogP contribution is 2.24. The topological polar surface area (TPSA) is 140 Å². The molecule has 1 aliphatic rings. The fourth-order valence-corrected chi connectivity index (χ4v) is 5.71. The third-order valence-corrected chi connectivity index (χ3v) is 7.98. The SMILES string of the molecule is NN=C(N)c1ccc(C[C@H](NS(=O)(=O)c2ccc3ccccc3c2)C(=O)NCC2CCCC2)cc1. The number of nitrogens with two attached hydrogens (primary N) is 2. The molecule has 9 heteroatoms. The van der Waals surface area contributed by atoms with Crippen LogP contribution in [-0.2, 0) is 21.2 Å². The van der Waals surface area contributed by atoms with Gasteiger partial charge in [0.2, 0.25) is 15.9 Å². The van der Waals surface area contributed by atoms with Crippen LogP contribution in [0.15, 0.2) is 76.7 Å². The van der Waals surface area contributed by atoms with Gasteiger partial charge >= 0.3 is 0 Å². The van der Waals surface area contributed by atoms with Crippen LogP contribution in [0.4, 0.5) is 0 Å². The number of nitrogens with one attached hydrogen (secondary N) is 2. The molecular weight excluding hydrogens is 462 g/mol. The molecule has 1 amide bonds. The molecule has 0 aliphatic heterocycles. The molecule has 0 unspecified atom stereocenters. The molecule has 35 heavy (non-hydrogen) atoms. The van der Waals surface area contributed by atoms with Crippen LogP contribution in [0.3, 0.4) is 0 Å². The van der Waals surface area contributed by atoms with Crippen LogP contribution in [0.25, 0.3) is 10.8 Å². The standard InChI is InChI=1S/C26H31N5O3S/c27-25(30-28)21-11-9-18(10-12-21)15-24(26(32)29-17-19-5-1-2-6-19)31-35(33,34)23-14-13-20-7-3-4-8-22(20)16-23/h3-4,7-14,16,19,24,31H,1-2,5-6,15,17,28H2,(H2,27,30)(H,29,32)/t24-/m0/s1. The van der Waals surface area contributed by atoms with Crippen molar-refractivity contribution in [2.45, 2.75) is 43.0 Å². The minimum Gasteiger partial charge on any atom is -0.382 e. The summed E-state index contributed by atoms with van der Waals surface area (Å²) < 4.78 is 29.2. The van der Waals surface area contributed by atoms with E-state index in [4.69, 9.17) is 11.6 Å². The van der Waals surface area contributed by atoms with Crippen molar-refractivity contribution in [2.24, 2.45) is 22.6 Å². The van der Waals surface area contributed by atoms with Gasteiger partial charge in [0.05, 0.1) is 4.90 Å². The number of hydrazone groups is 1. The highest BCUT2D eigenvalue weighted by molar-refractivity contribution is 7.89. The molecule has 6 N–H and O–H groups in total. The number of fused-ring (bicyclic) bond motifs is 1. The monoisotopic (exact) mass is 493 g/mol. The number of rotatable bonds is 9. The first-order chi connectivity index (χ1) is 16.9. The van der Waals surface area contributed by atoms with Gasteiger partial charge < -0.3 is 16.9 Å². The van der Waals surface area contributed by atoms with Gasteiger partial charge in [-0.25, -0.2) is 8.42 Å². The van der Waals surface area contributed by atoms with Gasteiger partial charge in [0.25, 0.3) is 0 Å². The van der Waals surface area contributed by atoms with Gasteiger partial charge in [-0.3, -0.25) is 4.79 Å². The van der Waals surface area contributed by atoms with Gasteiger partial charge in [0.15, 0.2) is 0 Å². The highest BCUT2D eigenvalue weighted by atomic mass is 32.2. The summed E-state index contributed by atoms with van der Waals surface area (Å²) in [6, 6.07) is 18.6. The largest absolute Gasteiger partial charge is 0.382 e. The molecule has 0 radical (unpaired) electrons. The first kappa shape index (κ1) is 24.7. The van der Waals surface area contributed by atoms with Gasteiger partial charge in [-0.15, -0.1) is 0 Å². The van der Waals surface area contributed by atoms with E-state index in [9.17, 15) is 13.2 Å². The van der Waals surface area contributed by atoms with Gasteiger partial charge in [0, 0.05) is 12.1 Å². The van der Waals surface area contributed by atoms with E-state index >= 15 is 0 Å². The second-order valence-corrected chi connectivity index (χ2v) is 10.7. The van der Waals surface area contributed by atoms with Gasteiger partial charge in [-0.05, 0) is 53.6 Å². The molecule has 0 heterocycles. The maximum absolute atomic E-state index is 13.3. The maximum Gasteiger partial charge on any atom is 0.241 e. The Hall–Kier alpha value is -3.43. The number of nitrogens with zero attached hydrogens (tertiary/aromatic N) is 1. The Bertz CT molecular complexity index is 1320. The summed E-state index contributed by atoms with van der Waals surface area (Å²) in [6.07, 6.45) is 4.68. The number of carbonyl (C=O) groups excluding carboxylic acids is 1. The van der Waals surface area contributed by atoms with Crippen LogP contribution >= 0.6 is 0 Å². The predicted octanol–water partition coefficient (Wildman–Crippen LogP) is 2.61. The zero-order valence-electron chi connectivity index (χ0n) is 19.5.